The number of para-hydroxylation sites is 1. The molecular weight excluding hydrogens is 292 g/mol. The summed E-state index contributed by atoms with van der Waals surface area (Å²) in [6.07, 6.45) is 1.05. The van der Waals surface area contributed by atoms with Gasteiger partial charge in [-0.1, -0.05) is 18.2 Å². The molecule has 0 spiro atoms. The largest absolute Gasteiger partial charge is 0.490 e. The summed E-state index contributed by atoms with van der Waals surface area (Å²) in [6, 6.07) is 14.5. The zero-order valence-corrected chi connectivity index (χ0v) is 12.5. The smallest absolute Gasteiger partial charge is 0.228 e. The van der Waals surface area contributed by atoms with Gasteiger partial charge in [0.1, 0.15) is 6.07 Å². The Morgan fingerprint density at radius 3 is 2.74 bits per heavy atom. The molecule has 1 aliphatic rings. The molecular formula is C18H16N2O3. The van der Waals surface area contributed by atoms with E-state index in [4.69, 9.17) is 14.7 Å². The Balaban J connectivity index is 1.71. The van der Waals surface area contributed by atoms with Crippen LogP contribution >= 0.6 is 0 Å². The Kier molecular flexibility index (Phi) is 4.44. The molecule has 5 heteroatoms. The molecule has 116 valence electrons. The minimum absolute atomic E-state index is 0.179. The van der Waals surface area contributed by atoms with E-state index in [1.165, 1.54) is 0 Å². The molecule has 1 heterocycles. The molecule has 1 amide bonds. The van der Waals surface area contributed by atoms with Gasteiger partial charge in [0.15, 0.2) is 11.5 Å². The van der Waals surface area contributed by atoms with Gasteiger partial charge in [0.05, 0.1) is 30.9 Å². The Labute approximate surface area is 134 Å². The molecule has 2 aromatic rings. The number of nitrogens with zero attached hydrogens (tertiary/aromatic N) is 1. The first-order valence-corrected chi connectivity index (χ1v) is 7.44. The number of hydrogen-bond donors (Lipinski definition) is 1. The second-order valence-corrected chi connectivity index (χ2v) is 5.21. The average molecular weight is 308 g/mol. The van der Waals surface area contributed by atoms with E-state index >= 15 is 0 Å². The number of ether oxygens (including phenoxy) is 2. The van der Waals surface area contributed by atoms with E-state index in [1.54, 1.807) is 24.3 Å². The third kappa shape index (κ3) is 3.61. The molecule has 0 aliphatic carbocycles. The van der Waals surface area contributed by atoms with E-state index in [-0.39, 0.29) is 12.3 Å². The molecule has 0 bridgehead atoms. The predicted molar refractivity (Wildman–Crippen MR) is 85.5 cm³/mol. The maximum Gasteiger partial charge on any atom is 0.228 e. The molecule has 0 atom stereocenters. The molecule has 0 saturated heterocycles. The summed E-state index contributed by atoms with van der Waals surface area (Å²) in [5.41, 5.74) is 1.80. The molecule has 23 heavy (non-hydrogen) atoms. The summed E-state index contributed by atoms with van der Waals surface area (Å²) in [4.78, 5) is 12.2. The summed E-state index contributed by atoms with van der Waals surface area (Å²) < 4.78 is 11.2. The second kappa shape index (κ2) is 6.84. The number of amides is 1. The van der Waals surface area contributed by atoms with Gasteiger partial charge in [-0.05, 0) is 29.8 Å². The van der Waals surface area contributed by atoms with Gasteiger partial charge in [-0.15, -0.1) is 0 Å². The first kappa shape index (κ1) is 14.9. The number of rotatable bonds is 3. The van der Waals surface area contributed by atoms with E-state index < -0.39 is 0 Å². The number of benzene rings is 2. The van der Waals surface area contributed by atoms with Gasteiger partial charge >= 0.3 is 0 Å². The van der Waals surface area contributed by atoms with Gasteiger partial charge in [-0.2, -0.15) is 5.26 Å². The topological polar surface area (TPSA) is 71.4 Å². The van der Waals surface area contributed by atoms with E-state index in [9.17, 15) is 4.79 Å². The third-order valence-corrected chi connectivity index (χ3v) is 3.50. The first-order valence-electron chi connectivity index (χ1n) is 7.44. The Morgan fingerprint density at radius 2 is 1.91 bits per heavy atom. The number of anilines is 1. The Hall–Kier alpha value is -3.00. The van der Waals surface area contributed by atoms with Crippen molar-refractivity contribution >= 4 is 11.6 Å². The van der Waals surface area contributed by atoms with Crippen molar-refractivity contribution in [1.29, 1.82) is 5.26 Å². The maximum atomic E-state index is 12.2. The van der Waals surface area contributed by atoms with Crippen molar-refractivity contribution in [3.05, 3.63) is 53.6 Å². The molecule has 3 rings (SSSR count). The van der Waals surface area contributed by atoms with E-state index in [0.717, 1.165) is 12.0 Å². The Bertz CT molecular complexity index is 765. The van der Waals surface area contributed by atoms with Crippen molar-refractivity contribution < 1.29 is 14.3 Å². The predicted octanol–water partition coefficient (Wildman–Crippen LogP) is 2.90. The SMILES string of the molecule is N#Cc1ccccc1NC(=O)Cc1ccc2c(c1)OCCCO2. The number of carbonyl (C=O) groups is 1. The summed E-state index contributed by atoms with van der Waals surface area (Å²) in [5.74, 6) is 1.20. The van der Waals surface area contributed by atoms with Crippen LogP contribution in [0.2, 0.25) is 0 Å². The third-order valence-electron chi connectivity index (χ3n) is 3.50. The minimum atomic E-state index is -0.179. The van der Waals surface area contributed by atoms with Gasteiger partial charge in [0, 0.05) is 6.42 Å². The van der Waals surface area contributed by atoms with E-state index in [0.29, 0.717) is 36.0 Å². The van der Waals surface area contributed by atoms with Crippen molar-refractivity contribution in [3.63, 3.8) is 0 Å². The summed E-state index contributed by atoms with van der Waals surface area (Å²) >= 11 is 0. The molecule has 0 radical (unpaired) electrons. The van der Waals surface area contributed by atoms with Crippen molar-refractivity contribution in [2.75, 3.05) is 18.5 Å². The highest BCUT2D eigenvalue weighted by atomic mass is 16.5. The van der Waals surface area contributed by atoms with Crippen LogP contribution < -0.4 is 14.8 Å². The van der Waals surface area contributed by atoms with Crippen LogP contribution in [0.1, 0.15) is 17.5 Å². The number of nitriles is 1. The molecule has 5 nitrogen and oxygen atoms in total. The lowest BCUT2D eigenvalue weighted by Crippen LogP contribution is -2.15. The van der Waals surface area contributed by atoms with E-state index in [2.05, 4.69) is 11.4 Å². The monoisotopic (exact) mass is 308 g/mol. The summed E-state index contributed by atoms with van der Waals surface area (Å²) in [7, 11) is 0. The van der Waals surface area contributed by atoms with Crippen LogP contribution in [0.25, 0.3) is 0 Å². The highest BCUT2D eigenvalue weighted by Crippen LogP contribution is 2.30. The van der Waals surface area contributed by atoms with Crippen LogP contribution in [0, 0.1) is 11.3 Å². The van der Waals surface area contributed by atoms with Crippen molar-refractivity contribution in [2.45, 2.75) is 12.8 Å². The van der Waals surface area contributed by atoms with Crippen LogP contribution in [0.5, 0.6) is 11.5 Å². The maximum absolute atomic E-state index is 12.2. The van der Waals surface area contributed by atoms with Gasteiger partial charge < -0.3 is 14.8 Å². The van der Waals surface area contributed by atoms with E-state index in [1.807, 2.05) is 18.2 Å². The van der Waals surface area contributed by atoms with Crippen LogP contribution in [0.3, 0.4) is 0 Å². The van der Waals surface area contributed by atoms with Crippen molar-refractivity contribution in [1.82, 2.24) is 0 Å². The number of nitrogens with one attached hydrogen (secondary N) is 1. The lowest BCUT2D eigenvalue weighted by molar-refractivity contribution is -0.115. The van der Waals surface area contributed by atoms with Crippen LogP contribution in [-0.2, 0) is 11.2 Å². The van der Waals surface area contributed by atoms with Crippen LogP contribution in [-0.4, -0.2) is 19.1 Å². The summed E-state index contributed by atoms with van der Waals surface area (Å²) in [5, 5.41) is 11.8. The standard InChI is InChI=1S/C18H16N2O3/c19-12-14-4-1-2-5-15(14)20-18(21)11-13-6-7-16-17(10-13)23-9-3-8-22-16/h1-2,4-7,10H,3,8-9,11H2,(H,20,21). The first-order chi connectivity index (χ1) is 11.3. The fraction of sp³-hybridized carbons (Fsp3) is 0.222. The van der Waals surface area contributed by atoms with Gasteiger partial charge in [-0.25, -0.2) is 0 Å². The molecule has 1 N–H and O–H groups in total. The molecule has 0 aromatic heterocycles. The number of fused-ring (bicyclic) bond motifs is 1. The molecule has 0 fully saturated rings. The molecule has 2 aromatic carbocycles. The van der Waals surface area contributed by atoms with Crippen molar-refractivity contribution in [2.24, 2.45) is 0 Å². The lowest BCUT2D eigenvalue weighted by Gasteiger charge is -2.10. The summed E-state index contributed by atoms with van der Waals surface area (Å²) in [6.45, 7) is 1.25. The highest BCUT2D eigenvalue weighted by molar-refractivity contribution is 5.93. The fourth-order valence-corrected chi connectivity index (χ4v) is 2.39. The van der Waals surface area contributed by atoms with Crippen molar-refractivity contribution in [3.8, 4) is 17.6 Å². The van der Waals surface area contributed by atoms with Crippen LogP contribution in [0.15, 0.2) is 42.5 Å². The minimum Gasteiger partial charge on any atom is -0.490 e. The average Bonchev–Trinajstić information content (AvgIpc) is 2.80. The normalized spacial score (nSPS) is 12.8. The zero-order chi connectivity index (χ0) is 16.1. The van der Waals surface area contributed by atoms with Gasteiger partial charge in [-0.3, -0.25) is 4.79 Å². The Morgan fingerprint density at radius 1 is 1.13 bits per heavy atom. The quantitative estimate of drug-likeness (QED) is 0.946. The van der Waals surface area contributed by atoms with Gasteiger partial charge in [0.2, 0.25) is 5.91 Å². The number of hydrogen-bond acceptors (Lipinski definition) is 4. The molecule has 1 aliphatic heterocycles. The lowest BCUT2D eigenvalue weighted by atomic mass is 10.1. The molecule has 0 saturated carbocycles. The number of carbonyl (C=O) groups excluding carboxylic acids is 1. The zero-order valence-electron chi connectivity index (χ0n) is 12.5. The highest BCUT2D eigenvalue weighted by Gasteiger charge is 2.13. The second-order valence-electron chi connectivity index (χ2n) is 5.21. The molecule has 0 unspecified atom stereocenters. The fourth-order valence-electron chi connectivity index (χ4n) is 2.39. The van der Waals surface area contributed by atoms with Crippen LogP contribution in [0.4, 0.5) is 5.69 Å². The van der Waals surface area contributed by atoms with Gasteiger partial charge in [0.25, 0.3) is 0 Å².